The van der Waals surface area contributed by atoms with E-state index in [9.17, 15) is 14.9 Å². The van der Waals surface area contributed by atoms with Crippen molar-refractivity contribution in [3.05, 3.63) is 69.8 Å². The van der Waals surface area contributed by atoms with Gasteiger partial charge >= 0.3 is 5.97 Å². The molecule has 0 aliphatic carbocycles. The minimum atomic E-state index is -0.438. The van der Waals surface area contributed by atoms with E-state index in [1.54, 1.807) is 19.2 Å². The van der Waals surface area contributed by atoms with Crippen LogP contribution in [-0.4, -0.2) is 36.1 Å². The summed E-state index contributed by atoms with van der Waals surface area (Å²) in [6.45, 7) is 0.539. The summed E-state index contributed by atoms with van der Waals surface area (Å²) in [7, 11) is 2.95. The SMILES string of the molecule is COC(=O)[C@@H]1[C@@H](c2cccc([N+](=O)[O-])c2)N1Cc1ccc(OC)cc1. The second-order valence-electron chi connectivity index (χ2n) is 5.79. The Labute approximate surface area is 144 Å². The zero-order valence-electron chi connectivity index (χ0n) is 13.9. The van der Waals surface area contributed by atoms with Crippen molar-refractivity contribution in [2.45, 2.75) is 18.6 Å². The van der Waals surface area contributed by atoms with Gasteiger partial charge in [-0.15, -0.1) is 0 Å². The predicted octanol–water partition coefficient (Wildman–Crippen LogP) is 2.70. The summed E-state index contributed by atoms with van der Waals surface area (Å²) in [5.74, 6) is 0.416. The molecule has 1 heterocycles. The van der Waals surface area contributed by atoms with Crippen LogP contribution in [0.1, 0.15) is 17.2 Å². The highest BCUT2D eigenvalue weighted by atomic mass is 16.6. The first kappa shape index (κ1) is 16.9. The molecule has 0 amide bonds. The number of ether oxygens (including phenoxy) is 2. The molecule has 1 aliphatic heterocycles. The third kappa shape index (κ3) is 3.46. The van der Waals surface area contributed by atoms with Gasteiger partial charge in [-0.25, -0.2) is 0 Å². The van der Waals surface area contributed by atoms with Crippen molar-refractivity contribution in [1.29, 1.82) is 0 Å². The average Bonchev–Trinajstić information content (AvgIpc) is 3.35. The van der Waals surface area contributed by atoms with E-state index in [0.29, 0.717) is 6.54 Å². The topological polar surface area (TPSA) is 81.7 Å². The lowest BCUT2D eigenvalue weighted by Crippen LogP contribution is -2.14. The van der Waals surface area contributed by atoms with Crippen molar-refractivity contribution in [3.8, 4) is 5.75 Å². The van der Waals surface area contributed by atoms with E-state index < -0.39 is 11.0 Å². The number of carbonyl (C=O) groups is 1. The number of rotatable bonds is 6. The molecule has 0 radical (unpaired) electrons. The summed E-state index contributed by atoms with van der Waals surface area (Å²) in [6, 6.07) is 13.3. The van der Waals surface area contributed by atoms with Crippen LogP contribution in [0.4, 0.5) is 5.69 Å². The Morgan fingerprint density at radius 2 is 1.92 bits per heavy atom. The molecule has 1 aliphatic rings. The smallest absolute Gasteiger partial charge is 0.325 e. The second-order valence-corrected chi connectivity index (χ2v) is 5.79. The lowest BCUT2D eigenvalue weighted by molar-refractivity contribution is -0.384. The van der Waals surface area contributed by atoms with Gasteiger partial charge in [-0.05, 0) is 23.3 Å². The molecule has 3 rings (SSSR count). The molecule has 25 heavy (non-hydrogen) atoms. The highest BCUT2D eigenvalue weighted by molar-refractivity contribution is 5.80. The van der Waals surface area contributed by atoms with Crippen LogP contribution in [0, 0.1) is 10.1 Å². The number of nitrogens with zero attached hydrogens (tertiary/aromatic N) is 2. The Morgan fingerprint density at radius 3 is 2.52 bits per heavy atom. The molecule has 130 valence electrons. The van der Waals surface area contributed by atoms with E-state index >= 15 is 0 Å². The van der Waals surface area contributed by atoms with E-state index in [2.05, 4.69) is 0 Å². The van der Waals surface area contributed by atoms with E-state index in [-0.39, 0.29) is 17.7 Å². The molecule has 2 aromatic rings. The fourth-order valence-electron chi connectivity index (χ4n) is 3.00. The van der Waals surface area contributed by atoms with Crippen molar-refractivity contribution < 1.29 is 19.2 Å². The van der Waals surface area contributed by atoms with Gasteiger partial charge in [-0.2, -0.15) is 0 Å². The van der Waals surface area contributed by atoms with Gasteiger partial charge in [0.2, 0.25) is 0 Å². The molecular weight excluding hydrogens is 324 g/mol. The predicted molar refractivity (Wildman–Crippen MR) is 90.2 cm³/mol. The number of hydrogen-bond acceptors (Lipinski definition) is 6. The number of hydrogen-bond donors (Lipinski definition) is 0. The number of esters is 1. The number of nitro groups is 1. The zero-order valence-corrected chi connectivity index (χ0v) is 13.9. The monoisotopic (exact) mass is 342 g/mol. The van der Waals surface area contributed by atoms with Gasteiger partial charge in [0.05, 0.1) is 25.2 Å². The minimum absolute atomic E-state index is 0.0115. The first-order valence-electron chi connectivity index (χ1n) is 7.76. The van der Waals surface area contributed by atoms with Gasteiger partial charge in [0.1, 0.15) is 11.8 Å². The maximum absolute atomic E-state index is 12.1. The number of benzene rings is 2. The molecule has 0 bridgehead atoms. The Bertz CT molecular complexity index is 790. The van der Waals surface area contributed by atoms with Crippen molar-refractivity contribution in [1.82, 2.24) is 4.90 Å². The van der Waals surface area contributed by atoms with Crippen molar-refractivity contribution in [2.24, 2.45) is 0 Å². The van der Waals surface area contributed by atoms with E-state index in [0.717, 1.165) is 16.9 Å². The maximum atomic E-state index is 12.1. The first-order valence-corrected chi connectivity index (χ1v) is 7.76. The van der Waals surface area contributed by atoms with Crippen molar-refractivity contribution in [3.63, 3.8) is 0 Å². The quantitative estimate of drug-likeness (QED) is 0.347. The lowest BCUT2D eigenvalue weighted by Gasteiger charge is -2.06. The molecule has 0 saturated carbocycles. The Kier molecular flexibility index (Phi) is 4.67. The summed E-state index contributed by atoms with van der Waals surface area (Å²) in [5, 5.41) is 11.0. The van der Waals surface area contributed by atoms with E-state index in [4.69, 9.17) is 9.47 Å². The van der Waals surface area contributed by atoms with Gasteiger partial charge in [0.25, 0.3) is 5.69 Å². The highest BCUT2D eigenvalue weighted by Crippen LogP contribution is 2.45. The Morgan fingerprint density at radius 1 is 1.20 bits per heavy atom. The lowest BCUT2D eigenvalue weighted by atomic mass is 10.1. The minimum Gasteiger partial charge on any atom is -0.497 e. The van der Waals surface area contributed by atoms with Gasteiger partial charge in [-0.1, -0.05) is 24.3 Å². The van der Waals surface area contributed by atoms with Crippen molar-refractivity contribution >= 4 is 11.7 Å². The van der Waals surface area contributed by atoms with Crippen LogP contribution < -0.4 is 4.74 Å². The molecule has 0 aromatic heterocycles. The zero-order chi connectivity index (χ0) is 18.0. The number of carbonyl (C=O) groups excluding carboxylic acids is 1. The van der Waals surface area contributed by atoms with Crippen LogP contribution >= 0.6 is 0 Å². The summed E-state index contributed by atoms with van der Waals surface area (Å²) >= 11 is 0. The second kappa shape index (κ2) is 6.90. The van der Waals surface area contributed by atoms with Gasteiger partial charge in [0, 0.05) is 18.7 Å². The van der Waals surface area contributed by atoms with Crippen LogP contribution in [0.2, 0.25) is 0 Å². The number of methoxy groups -OCH3 is 2. The summed E-state index contributed by atoms with van der Waals surface area (Å²) in [5.41, 5.74) is 1.76. The summed E-state index contributed by atoms with van der Waals surface area (Å²) < 4.78 is 10.0. The molecule has 0 spiro atoms. The Hall–Kier alpha value is -2.93. The Balaban J connectivity index is 1.82. The summed E-state index contributed by atoms with van der Waals surface area (Å²) in [4.78, 5) is 24.6. The molecule has 1 unspecified atom stereocenters. The van der Waals surface area contributed by atoms with Crippen LogP contribution in [0.25, 0.3) is 0 Å². The largest absolute Gasteiger partial charge is 0.497 e. The third-order valence-electron chi connectivity index (χ3n) is 4.31. The molecule has 7 nitrogen and oxygen atoms in total. The maximum Gasteiger partial charge on any atom is 0.325 e. The highest BCUT2D eigenvalue weighted by Gasteiger charge is 2.54. The molecule has 0 N–H and O–H groups in total. The fraction of sp³-hybridized carbons (Fsp3) is 0.278. The molecule has 2 aromatic carbocycles. The van der Waals surface area contributed by atoms with Gasteiger partial charge in [-0.3, -0.25) is 19.8 Å². The number of nitro benzene ring substituents is 1. The van der Waals surface area contributed by atoms with Crippen LogP contribution in [0.3, 0.4) is 0 Å². The molecule has 3 atom stereocenters. The van der Waals surface area contributed by atoms with E-state index in [1.165, 1.54) is 19.2 Å². The standard InChI is InChI=1S/C18H18N2O5/c1-24-15-8-6-12(7-9-15)11-19-16(17(19)18(21)25-2)13-4-3-5-14(10-13)20(22)23/h3-10,16-17H,11H2,1-2H3/t16-,17+,19?/m1/s1. The molecule has 1 saturated heterocycles. The number of non-ortho nitro benzene ring substituents is 1. The molecule has 1 fully saturated rings. The molecule has 7 heteroatoms. The van der Waals surface area contributed by atoms with Crippen LogP contribution in [0.5, 0.6) is 5.75 Å². The summed E-state index contributed by atoms with van der Waals surface area (Å²) in [6.07, 6.45) is 0. The first-order chi connectivity index (χ1) is 12.0. The average molecular weight is 342 g/mol. The fourth-order valence-corrected chi connectivity index (χ4v) is 3.00. The van der Waals surface area contributed by atoms with Crippen LogP contribution in [0.15, 0.2) is 48.5 Å². The van der Waals surface area contributed by atoms with Gasteiger partial charge in [0.15, 0.2) is 0 Å². The van der Waals surface area contributed by atoms with Crippen LogP contribution in [-0.2, 0) is 16.1 Å². The molecular formula is C18H18N2O5. The van der Waals surface area contributed by atoms with Gasteiger partial charge < -0.3 is 9.47 Å². The van der Waals surface area contributed by atoms with E-state index in [1.807, 2.05) is 29.2 Å². The normalized spacial score (nSPS) is 21.4. The third-order valence-corrected chi connectivity index (χ3v) is 4.31. The van der Waals surface area contributed by atoms with Crippen molar-refractivity contribution in [2.75, 3.05) is 14.2 Å².